The number of hydrogen-bond acceptors (Lipinski definition) is 1. The molecule has 5 rings (SSSR count). The summed E-state index contributed by atoms with van der Waals surface area (Å²) >= 11 is 0. The SMILES string of the molecule is O=C(Nc1ccc(/C=C/c2ccccc2)cc1)Nc1c2ccccc2cc2ccccc12. The molecule has 0 heterocycles. The van der Waals surface area contributed by atoms with Crippen molar-refractivity contribution in [3.63, 3.8) is 0 Å². The van der Waals surface area contributed by atoms with Crippen LogP contribution in [0.3, 0.4) is 0 Å². The number of anilines is 2. The highest BCUT2D eigenvalue weighted by Crippen LogP contribution is 2.32. The van der Waals surface area contributed by atoms with Crippen molar-refractivity contribution in [3.8, 4) is 0 Å². The highest BCUT2D eigenvalue weighted by atomic mass is 16.2. The number of nitrogens with one attached hydrogen (secondary N) is 2. The van der Waals surface area contributed by atoms with E-state index in [4.69, 9.17) is 0 Å². The van der Waals surface area contributed by atoms with Gasteiger partial charge < -0.3 is 10.6 Å². The highest BCUT2D eigenvalue weighted by molar-refractivity contribution is 6.16. The Labute approximate surface area is 187 Å². The monoisotopic (exact) mass is 414 g/mol. The molecular weight excluding hydrogens is 392 g/mol. The first-order chi connectivity index (χ1) is 15.8. The van der Waals surface area contributed by atoms with Crippen molar-refractivity contribution in [2.45, 2.75) is 0 Å². The van der Waals surface area contributed by atoms with Crippen LogP contribution in [0.2, 0.25) is 0 Å². The van der Waals surface area contributed by atoms with Gasteiger partial charge in [0.2, 0.25) is 0 Å². The van der Waals surface area contributed by atoms with Crippen LogP contribution in [0.15, 0.2) is 109 Å². The molecule has 154 valence electrons. The van der Waals surface area contributed by atoms with Gasteiger partial charge in [0.1, 0.15) is 0 Å². The molecule has 0 spiro atoms. The average molecular weight is 415 g/mol. The zero-order valence-corrected chi connectivity index (χ0v) is 17.5. The number of fused-ring (bicyclic) bond motifs is 2. The maximum atomic E-state index is 12.8. The summed E-state index contributed by atoms with van der Waals surface area (Å²) < 4.78 is 0. The Morgan fingerprint density at radius 3 is 1.72 bits per heavy atom. The van der Waals surface area contributed by atoms with Gasteiger partial charge in [-0.1, -0.05) is 103 Å². The Morgan fingerprint density at radius 2 is 1.09 bits per heavy atom. The van der Waals surface area contributed by atoms with E-state index in [2.05, 4.69) is 53.1 Å². The van der Waals surface area contributed by atoms with Crippen LogP contribution in [-0.2, 0) is 0 Å². The third kappa shape index (κ3) is 4.23. The first kappa shape index (κ1) is 19.6. The van der Waals surface area contributed by atoms with E-state index in [1.165, 1.54) is 0 Å². The molecule has 2 N–H and O–H groups in total. The number of carbonyl (C=O) groups excluding carboxylic acids is 1. The minimum absolute atomic E-state index is 0.265. The molecule has 2 amide bonds. The zero-order chi connectivity index (χ0) is 21.8. The fourth-order valence-corrected chi connectivity index (χ4v) is 3.86. The number of benzene rings is 5. The van der Waals surface area contributed by atoms with Crippen molar-refractivity contribution >= 4 is 51.1 Å². The van der Waals surface area contributed by atoms with Gasteiger partial charge in [-0.15, -0.1) is 0 Å². The van der Waals surface area contributed by atoms with Crippen LogP contribution in [0.5, 0.6) is 0 Å². The van der Waals surface area contributed by atoms with Gasteiger partial charge in [-0.2, -0.15) is 0 Å². The third-order valence-corrected chi connectivity index (χ3v) is 5.45. The molecule has 0 atom stereocenters. The van der Waals surface area contributed by atoms with Crippen molar-refractivity contribution in [2.24, 2.45) is 0 Å². The lowest BCUT2D eigenvalue weighted by molar-refractivity contribution is 0.262. The molecule has 0 aliphatic heterocycles. The normalized spacial score (nSPS) is 11.1. The minimum atomic E-state index is -0.265. The number of rotatable bonds is 4. The Bertz CT molecular complexity index is 1370. The lowest BCUT2D eigenvalue weighted by Crippen LogP contribution is -2.19. The second kappa shape index (κ2) is 8.78. The maximum Gasteiger partial charge on any atom is 0.323 e. The zero-order valence-electron chi connectivity index (χ0n) is 17.5. The van der Waals surface area contributed by atoms with E-state index in [1.54, 1.807) is 0 Å². The van der Waals surface area contributed by atoms with Crippen LogP contribution in [0, 0.1) is 0 Å². The Morgan fingerprint density at radius 1 is 0.562 bits per heavy atom. The van der Waals surface area contributed by atoms with Crippen LogP contribution >= 0.6 is 0 Å². The van der Waals surface area contributed by atoms with Gasteiger partial charge in [-0.3, -0.25) is 0 Å². The van der Waals surface area contributed by atoms with Crippen molar-refractivity contribution in [1.82, 2.24) is 0 Å². The molecule has 0 aromatic heterocycles. The Kier molecular flexibility index (Phi) is 5.38. The van der Waals surface area contributed by atoms with Crippen molar-refractivity contribution in [3.05, 3.63) is 120 Å². The predicted molar refractivity (Wildman–Crippen MR) is 136 cm³/mol. The van der Waals surface area contributed by atoms with Crippen molar-refractivity contribution in [1.29, 1.82) is 0 Å². The van der Waals surface area contributed by atoms with E-state index in [0.717, 1.165) is 44.0 Å². The summed E-state index contributed by atoms with van der Waals surface area (Å²) in [6, 6.07) is 36.0. The van der Waals surface area contributed by atoms with Crippen LogP contribution in [-0.4, -0.2) is 6.03 Å². The van der Waals surface area contributed by atoms with Gasteiger partial charge in [-0.25, -0.2) is 4.79 Å². The van der Waals surface area contributed by atoms with Crippen LogP contribution in [0.25, 0.3) is 33.7 Å². The van der Waals surface area contributed by atoms with Crippen LogP contribution in [0.4, 0.5) is 16.2 Å². The van der Waals surface area contributed by atoms with E-state index in [0.29, 0.717) is 0 Å². The quantitative estimate of drug-likeness (QED) is 0.228. The Hall–Kier alpha value is -4.37. The van der Waals surface area contributed by atoms with E-state index in [1.807, 2.05) is 78.9 Å². The van der Waals surface area contributed by atoms with Gasteiger partial charge in [-0.05, 0) is 40.1 Å². The molecule has 0 radical (unpaired) electrons. The van der Waals surface area contributed by atoms with Crippen molar-refractivity contribution < 1.29 is 4.79 Å². The molecule has 5 aromatic carbocycles. The van der Waals surface area contributed by atoms with E-state index >= 15 is 0 Å². The van der Waals surface area contributed by atoms with Gasteiger partial charge in [0, 0.05) is 16.5 Å². The molecule has 0 saturated carbocycles. The van der Waals surface area contributed by atoms with Gasteiger partial charge >= 0.3 is 6.03 Å². The lowest BCUT2D eigenvalue weighted by Gasteiger charge is -2.14. The predicted octanol–water partition coefficient (Wildman–Crippen LogP) is 7.81. The Balaban J connectivity index is 1.35. The molecular formula is C29H22N2O. The van der Waals surface area contributed by atoms with Gasteiger partial charge in [0.05, 0.1) is 5.69 Å². The average Bonchev–Trinajstić information content (AvgIpc) is 2.84. The number of carbonyl (C=O) groups is 1. The van der Waals surface area contributed by atoms with E-state index < -0.39 is 0 Å². The van der Waals surface area contributed by atoms with Gasteiger partial charge in [0.25, 0.3) is 0 Å². The molecule has 0 unspecified atom stereocenters. The van der Waals surface area contributed by atoms with E-state index in [9.17, 15) is 4.79 Å². The molecule has 0 aliphatic carbocycles. The number of amides is 2. The molecule has 0 aliphatic rings. The van der Waals surface area contributed by atoms with Gasteiger partial charge in [0.15, 0.2) is 0 Å². The maximum absolute atomic E-state index is 12.8. The molecule has 5 aromatic rings. The van der Waals surface area contributed by atoms with Crippen LogP contribution < -0.4 is 10.6 Å². The first-order valence-corrected chi connectivity index (χ1v) is 10.6. The van der Waals surface area contributed by atoms with Crippen LogP contribution in [0.1, 0.15) is 11.1 Å². The second-order valence-corrected chi connectivity index (χ2v) is 7.64. The summed E-state index contributed by atoms with van der Waals surface area (Å²) in [6.45, 7) is 0. The summed E-state index contributed by atoms with van der Waals surface area (Å²) in [5, 5.41) is 10.2. The molecule has 0 bridgehead atoms. The second-order valence-electron chi connectivity index (χ2n) is 7.64. The molecule has 3 heteroatoms. The van der Waals surface area contributed by atoms with Crippen molar-refractivity contribution in [2.75, 3.05) is 10.6 Å². The molecule has 32 heavy (non-hydrogen) atoms. The molecule has 3 nitrogen and oxygen atoms in total. The number of urea groups is 1. The fraction of sp³-hybridized carbons (Fsp3) is 0. The summed E-state index contributed by atoms with van der Waals surface area (Å²) in [6.07, 6.45) is 4.13. The summed E-state index contributed by atoms with van der Waals surface area (Å²) in [7, 11) is 0. The standard InChI is InChI=1S/C29H22N2O/c32-29(30-25-18-16-22(17-19-25)15-14-21-8-2-1-3-9-21)31-28-26-12-6-4-10-23(26)20-24-11-5-7-13-27(24)28/h1-20H,(H2,30,31,32)/b15-14+. The largest absolute Gasteiger partial charge is 0.323 e. The summed E-state index contributed by atoms with van der Waals surface area (Å²) in [4.78, 5) is 12.8. The highest BCUT2D eigenvalue weighted by Gasteiger charge is 2.10. The number of hydrogen-bond donors (Lipinski definition) is 2. The first-order valence-electron chi connectivity index (χ1n) is 10.6. The molecule has 0 saturated heterocycles. The molecule has 0 fully saturated rings. The summed E-state index contributed by atoms with van der Waals surface area (Å²) in [5.41, 5.74) is 3.78. The minimum Gasteiger partial charge on any atom is -0.308 e. The third-order valence-electron chi connectivity index (χ3n) is 5.45. The lowest BCUT2D eigenvalue weighted by atomic mass is 10.0. The smallest absolute Gasteiger partial charge is 0.308 e. The fourth-order valence-electron chi connectivity index (χ4n) is 3.86. The topological polar surface area (TPSA) is 41.1 Å². The summed E-state index contributed by atoms with van der Waals surface area (Å²) in [5.74, 6) is 0. The van der Waals surface area contributed by atoms with E-state index in [-0.39, 0.29) is 6.03 Å².